The topological polar surface area (TPSA) is 81.0 Å². The summed E-state index contributed by atoms with van der Waals surface area (Å²) in [4.78, 5) is 11.7. The summed E-state index contributed by atoms with van der Waals surface area (Å²) in [6.07, 6.45) is 0. The molecule has 0 atom stereocenters. The van der Waals surface area contributed by atoms with E-state index in [1.807, 2.05) is 32.0 Å². The molecule has 0 amide bonds. The summed E-state index contributed by atoms with van der Waals surface area (Å²) in [6, 6.07) is 5.93. The Labute approximate surface area is 105 Å². The van der Waals surface area contributed by atoms with Gasteiger partial charge in [0.15, 0.2) is 11.5 Å². The van der Waals surface area contributed by atoms with Crippen LogP contribution in [-0.4, -0.2) is 23.3 Å². The number of aromatic amines is 1. The second-order valence-electron chi connectivity index (χ2n) is 4.17. The summed E-state index contributed by atoms with van der Waals surface area (Å²) in [7, 11) is 1.32. The predicted molar refractivity (Wildman–Crippen MR) is 69.2 cm³/mol. The van der Waals surface area contributed by atoms with Crippen LogP contribution in [-0.2, 0) is 4.74 Å². The lowest BCUT2D eigenvalue weighted by molar-refractivity contribution is 0.0595. The molecule has 0 aliphatic carbocycles. The predicted octanol–water partition coefficient (Wildman–Crippen LogP) is 2.06. The highest BCUT2D eigenvalue weighted by Crippen LogP contribution is 2.31. The molecule has 0 aliphatic heterocycles. The van der Waals surface area contributed by atoms with Crippen molar-refractivity contribution in [3.05, 3.63) is 35.0 Å². The molecule has 0 saturated carbocycles. The molecule has 5 nitrogen and oxygen atoms in total. The Balaban J connectivity index is 2.63. The third kappa shape index (κ3) is 1.95. The van der Waals surface area contributed by atoms with Gasteiger partial charge in [-0.15, -0.1) is 0 Å². The molecule has 2 aromatic rings. The molecule has 1 aromatic heterocycles. The number of ether oxygens (including phenoxy) is 1. The van der Waals surface area contributed by atoms with Gasteiger partial charge < -0.3 is 10.5 Å². The van der Waals surface area contributed by atoms with Crippen molar-refractivity contribution in [1.29, 1.82) is 0 Å². The number of aromatic nitrogens is 2. The fraction of sp³-hybridized carbons (Fsp3) is 0.231. The van der Waals surface area contributed by atoms with Crippen LogP contribution in [0.2, 0.25) is 0 Å². The standard InChI is InChI=1S/C13H15N3O2/c1-7-4-5-9(8(2)6-7)10-11(13(17)18-3)15-16-12(10)14/h4-6H,1-3H3,(H3,14,15,16). The molecule has 1 heterocycles. The third-order valence-electron chi connectivity index (χ3n) is 2.84. The van der Waals surface area contributed by atoms with E-state index in [0.717, 1.165) is 16.7 Å². The highest BCUT2D eigenvalue weighted by molar-refractivity contribution is 5.98. The van der Waals surface area contributed by atoms with E-state index in [1.54, 1.807) is 0 Å². The number of aryl methyl sites for hydroxylation is 2. The van der Waals surface area contributed by atoms with Gasteiger partial charge in [-0.25, -0.2) is 4.79 Å². The Morgan fingerprint density at radius 3 is 2.72 bits per heavy atom. The molecule has 0 fully saturated rings. The van der Waals surface area contributed by atoms with Gasteiger partial charge in [-0.1, -0.05) is 23.8 Å². The van der Waals surface area contributed by atoms with Crippen molar-refractivity contribution < 1.29 is 9.53 Å². The van der Waals surface area contributed by atoms with Crippen LogP contribution in [0.25, 0.3) is 11.1 Å². The van der Waals surface area contributed by atoms with E-state index < -0.39 is 5.97 Å². The Morgan fingerprint density at radius 2 is 2.11 bits per heavy atom. The van der Waals surface area contributed by atoms with Gasteiger partial charge in [0.05, 0.1) is 12.7 Å². The minimum atomic E-state index is -0.478. The lowest BCUT2D eigenvalue weighted by Gasteiger charge is -2.07. The average Bonchev–Trinajstić information content (AvgIpc) is 2.70. The SMILES string of the molecule is COC(=O)c1[nH]nc(N)c1-c1ccc(C)cc1C. The van der Waals surface area contributed by atoms with Crippen molar-refractivity contribution in [2.75, 3.05) is 12.8 Å². The second kappa shape index (κ2) is 4.52. The van der Waals surface area contributed by atoms with Crippen LogP contribution in [0.4, 0.5) is 5.82 Å². The van der Waals surface area contributed by atoms with Gasteiger partial charge in [0, 0.05) is 0 Å². The number of hydrogen-bond acceptors (Lipinski definition) is 4. The van der Waals surface area contributed by atoms with Gasteiger partial charge in [-0.2, -0.15) is 5.10 Å². The maximum atomic E-state index is 11.7. The highest BCUT2D eigenvalue weighted by Gasteiger charge is 2.20. The maximum absolute atomic E-state index is 11.7. The highest BCUT2D eigenvalue weighted by atomic mass is 16.5. The number of hydrogen-bond donors (Lipinski definition) is 2. The fourth-order valence-corrected chi connectivity index (χ4v) is 1.97. The molecular weight excluding hydrogens is 230 g/mol. The van der Waals surface area contributed by atoms with E-state index in [-0.39, 0.29) is 5.69 Å². The van der Waals surface area contributed by atoms with Crippen molar-refractivity contribution in [2.45, 2.75) is 13.8 Å². The zero-order valence-electron chi connectivity index (χ0n) is 10.6. The first-order chi connectivity index (χ1) is 8.54. The number of benzene rings is 1. The molecule has 0 bridgehead atoms. The van der Waals surface area contributed by atoms with Crippen LogP contribution in [0.1, 0.15) is 21.6 Å². The normalized spacial score (nSPS) is 10.4. The van der Waals surface area contributed by atoms with Crippen molar-refractivity contribution in [1.82, 2.24) is 10.2 Å². The summed E-state index contributed by atoms with van der Waals surface area (Å²) in [5.74, 6) is -0.184. The van der Waals surface area contributed by atoms with E-state index in [9.17, 15) is 4.79 Å². The maximum Gasteiger partial charge on any atom is 0.356 e. The van der Waals surface area contributed by atoms with E-state index in [4.69, 9.17) is 10.5 Å². The molecule has 0 saturated heterocycles. The summed E-state index contributed by atoms with van der Waals surface area (Å²) in [5, 5.41) is 6.49. The van der Waals surface area contributed by atoms with Crippen molar-refractivity contribution in [3.8, 4) is 11.1 Å². The summed E-state index contributed by atoms with van der Waals surface area (Å²) < 4.78 is 4.71. The molecule has 1 aromatic carbocycles. The van der Waals surface area contributed by atoms with Crippen LogP contribution in [0.5, 0.6) is 0 Å². The quantitative estimate of drug-likeness (QED) is 0.793. The molecule has 0 radical (unpaired) electrons. The zero-order chi connectivity index (χ0) is 13.3. The lowest BCUT2D eigenvalue weighted by atomic mass is 9.98. The fourth-order valence-electron chi connectivity index (χ4n) is 1.97. The van der Waals surface area contributed by atoms with Gasteiger partial charge in [0.25, 0.3) is 0 Å². The average molecular weight is 245 g/mol. The Morgan fingerprint density at radius 1 is 1.39 bits per heavy atom. The van der Waals surface area contributed by atoms with Crippen LogP contribution in [0.3, 0.4) is 0 Å². The Hall–Kier alpha value is -2.30. The van der Waals surface area contributed by atoms with Crippen LogP contribution in [0, 0.1) is 13.8 Å². The Bertz CT molecular complexity index is 602. The van der Waals surface area contributed by atoms with Gasteiger partial charge in [0.2, 0.25) is 0 Å². The molecule has 2 rings (SSSR count). The first-order valence-corrected chi connectivity index (χ1v) is 5.54. The zero-order valence-corrected chi connectivity index (χ0v) is 10.6. The third-order valence-corrected chi connectivity index (χ3v) is 2.84. The largest absolute Gasteiger partial charge is 0.464 e. The monoisotopic (exact) mass is 245 g/mol. The van der Waals surface area contributed by atoms with Crippen LogP contribution < -0.4 is 5.73 Å². The van der Waals surface area contributed by atoms with Crippen LogP contribution >= 0.6 is 0 Å². The molecular formula is C13H15N3O2. The number of nitrogens with one attached hydrogen (secondary N) is 1. The summed E-state index contributed by atoms with van der Waals surface area (Å²) in [5.41, 5.74) is 9.77. The van der Waals surface area contributed by atoms with Gasteiger partial charge >= 0.3 is 5.97 Å². The number of nitrogens with two attached hydrogens (primary N) is 1. The number of anilines is 1. The molecule has 3 N–H and O–H groups in total. The molecule has 94 valence electrons. The number of carbonyl (C=O) groups excluding carboxylic acids is 1. The number of H-pyrrole nitrogens is 1. The molecule has 0 unspecified atom stereocenters. The summed E-state index contributed by atoms with van der Waals surface area (Å²) in [6.45, 7) is 3.98. The minimum Gasteiger partial charge on any atom is -0.464 e. The number of nitrogen functional groups attached to an aromatic ring is 1. The van der Waals surface area contributed by atoms with Gasteiger partial charge in [-0.05, 0) is 25.0 Å². The lowest BCUT2D eigenvalue weighted by Crippen LogP contribution is -2.04. The summed E-state index contributed by atoms with van der Waals surface area (Å²) >= 11 is 0. The molecule has 5 heteroatoms. The number of nitrogens with zero attached hydrogens (tertiary/aromatic N) is 1. The number of rotatable bonds is 2. The second-order valence-corrected chi connectivity index (χ2v) is 4.17. The van der Waals surface area contributed by atoms with E-state index in [2.05, 4.69) is 10.2 Å². The number of methoxy groups -OCH3 is 1. The molecule has 0 aliphatic rings. The minimum absolute atomic E-state index is 0.280. The molecule has 0 spiro atoms. The van der Waals surface area contributed by atoms with Crippen LogP contribution in [0.15, 0.2) is 18.2 Å². The first kappa shape index (κ1) is 12.2. The first-order valence-electron chi connectivity index (χ1n) is 5.54. The number of carbonyl (C=O) groups is 1. The van der Waals surface area contributed by atoms with Crippen molar-refractivity contribution in [3.63, 3.8) is 0 Å². The molecule has 18 heavy (non-hydrogen) atoms. The smallest absolute Gasteiger partial charge is 0.356 e. The van der Waals surface area contributed by atoms with E-state index >= 15 is 0 Å². The van der Waals surface area contributed by atoms with Crippen molar-refractivity contribution in [2.24, 2.45) is 0 Å². The van der Waals surface area contributed by atoms with Gasteiger partial charge in [-0.3, -0.25) is 5.10 Å². The van der Waals surface area contributed by atoms with E-state index in [0.29, 0.717) is 11.4 Å². The van der Waals surface area contributed by atoms with E-state index in [1.165, 1.54) is 7.11 Å². The Kier molecular flexibility index (Phi) is 3.06. The van der Waals surface area contributed by atoms with Gasteiger partial charge in [0.1, 0.15) is 0 Å². The van der Waals surface area contributed by atoms with Crippen molar-refractivity contribution >= 4 is 11.8 Å². The number of esters is 1.